The van der Waals surface area contributed by atoms with Crippen LogP contribution in [-0.2, 0) is 26.3 Å². The second-order valence-electron chi connectivity index (χ2n) is 36.3. The number of aliphatic hydroxyl groups is 1. The van der Waals surface area contributed by atoms with Gasteiger partial charge in [0.2, 0.25) is 0 Å². The van der Waals surface area contributed by atoms with Gasteiger partial charge >= 0.3 is 11.9 Å². The Labute approximate surface area is 539 Å². The van der Waals surface area contributed by atoms with E-state index >= 15 is 9.59 Å². The van der Waals surface area contributed by atoms with Gasteiger partial charge in [-0.15, -0.1) is 5.92 Å². The lowest BCUT2D eigenvalue weighted by molar-refractivity contribution is -0.283. The minimum atomic E-state index is -1.18. The summed E-state index contributed by atoms with van der Waals surface area (Å²) in [6.45, 7) is 7.94. The molecule has 3 N–H and O–H groups in total. The van der Waals surface area contributed by atoms with Crippen LogP contribution in [-0.4, -0.2) is 64.6 Å². The summed E-state index contributed by atoms with van der Waals surface area (Å²) in [5.41, 5.74) is 15.2. The fourth-order valence-electron chi connectivity index (χ4n) is 30.9. The minimum absolute atomic E-state index is 0.0889. The van der Waals surface area contributed by atoms with Crippen molar-refractivity contribution in [2.75, 3.05) is 19.6 Å². The molecule has 0 aromatic heterocycles. The van der Waals surface area contributed by atoms with Crippen molar-refractivity contribution in [3.05, 3.63) is 80.5 Å². The molecule has 8 heteroatoms. The number of aryl methyl sites for hydroxylation is 1. The van der Waals surface area contributed by atoms with Gasteiger partial charge in [-0.05, 0) is 265 Å². The van der Waals surface area contributed by atoms with Crippen LogP contribution in [0.2, 0.25) is 0 Å². The van der Waals surface area contributed by atoms with Crippen LogP contribution in [0.25, 0.3) is 0 Å². The molecule has 7 heterocycles. The third-order valence-electron chi connectivity index (χ3n) is 33.5. The topological polar surface area (TPSA) is 105 Å². The molecule has 13 bridgehead atoms. The standard InChI is InChI=1S/C82H107N3O5/c1-48-12-5-14-52-37-55-39-61-49(2)36-53-23-24-65-56-38-57-47-85(65)72(53)70(61)60-26-34-80-73(67(86)41-66-58-44-77(28-3-4-29-77)79(45-58)32-11-31-78(79)30-9-18-59(78)17-7-20-64(57)84(66)46-56)89-75(88)81(80,71(55)60)68(82(80)63-19-6-13-51(16-10-35-83)69(63)74(87)90-82)40-62(52)54-15-8-27-76(43-54)33-25-50(42-76)22-21-48/h6,13,19,37,48-50,54-59,61-62,64-66,68,70,86H,3-5,8-12,14-16,18,20-36,38-47,83H2,1-2H3. The van der Waals surface area contributed by atoms with Gasteiger partial charge in [-0.3, -0.25) is 9.69 Å². The Morgan fingerprint density at radius 3 is 2.53 bits per heavy atom. The van der Waals surface area contributed by atoms with E-state index in [1.807, 2.05) is 0 Å². The molecule has 11 fully saturated rings. The van der Waals surface area contributed by atoms with Crippen LogP contribution in [0.1, 0.15) is 260 Å². The lowest BCUT2D eigenvalue weighted by Gasteiger charge is -2.73. The second kappa shape index (κ2) is 19.7. The van der Waals surface area contributed by atoms with Crippen LogP contribution < -0.4 is 5.73 Å². The summed E-state index contributed by atoms with van der Waals surface area (Å²) in [5, 5.41) is 14.6. The van der Waals surface area contributed by atoms with E-state index in [0.717, 1.165) is 80.1 Å². The zero-order valence-electron chi connectivity index (χ0n) is 55.2. The molecular weight excluding hydrogens is 1110 g/mol. The van der Waals surface area contributed by atoms with E-state index in [9.17, 15) is 5.11 Å². The molecule has 8 saturated carbocycles. The Morgan fingerprint density at radius 2 is 1.63 bits per heavy atom. The number of esters is 2. The van der Waals surface area contributed by atoms with Gasteiger partial charge in [0, 0.05) is 73.1 Å². The molecule has 0 amide bonds. The number of carbonyl (C=O) groups excluding carboxylic acids is 2. The zero-order valence-corrected chi connectivity index (χ0v) is 55.2. The summed E-state index contributed by atoms with van der Waals surface area (Å²) in [6.07, 6.45) is 45.8. The van der Waals surface area contributed by atoms with Gasteiger partial charge < -0.3 is 25.2 Å². The van der Waals surface area contributed by atoms with Crippen LogP contribution >= 0.6 is 0 Å². The van der Waals surface area contributed by atoms with Gasteiger partial charge in [0.1, 0.15) is 11.2 Å². The predicted octanol–water partition coefficient (Wildman–Crippen LogP) is 16.9. The molecule has 8 nitrogen and oxygen atoms in total. The smallest absolute Gasteiger partial charge is 0.339 e. The first-order chi connectivity index (χ1) is 43.9. The highest BCUT2D eigenvalue weighted by Crippen LogP contribution is 2.89. The van der Waals surface area contributed by atoms with E-state index < -0.39 is 16.4 Å². The number of rotatable bonds is 3. The molecular formula is C82H107N3O5. The van der Waals surface area contributed by atoms with Crippen molar-refractivity contribution in [3.63, 3.8) is 0 Å². The Hall–Kier alpha value is -3.80. The number of nitrogens with zero attached hydrogens (tertiary/aromatic N) is 2. The molecule has 0 radical (unpaired) electrons. The average molecular weight is 1210 g/mol. The quantitative estimate of drug-likeness (QED) is 0.175. The molecule has 480 valence electrons. The monoisotopic (exact) mass is 1210 g/mol. The average Bonchev–Trinajstić information content (AvgIpc) is 1.32. The van der Waals surface area contributed by atoms with Crippen molar-refractivity contribution in [2.24, 2.45) is 115 Å². The maximum atomic E-state index is 17.4. The number of hydrogen-bond acceptors (Lipinski definition) is 8. The van der Waals surface area contributed by atoms with Gasteiger partial charge in [-0.2, -0.15) is 0 Å². The van der Waals surface area contributed by atoms with E-state index in [1.54, 1.807) is 22.4 Å². The van der Waals surface area contributed by atoms with E-state index in [-0.39, 0.29) is 47.1 Å². The van der Waals surface area contributed by atoms with Crippen LogP contribution in [0.5, 0.6) is 0 Å². The van der Waals surface area contributed by atoms with Gasteiger partial charge in [0.25, 0.3) is 0 Å². The number of fused-ring (bicyclic) bond motifs is 12. The first-order valence-corrected chi connectivity index (χ1v) is 38.8. The number of allylic oxidation sites excluding steroid dienone is 4. The first kappa shape index (κ1) is 56.5. The summed E-state index contributed by atoms with van der Waals surface area (Å²) >= 11 is 0. The number of benzene rings is 1. The Kier molecular flexibility index (Phi) is 12.4. The van der Waals surface area contributed by atoms with Crippen molar-refractivity contribution >= 4 is 11.9 Å². The van der Waals surface area contributed by atoms with E-state index in [4.69, 9.17) is 15.2 Å². The maximum absolute atomic E-state index is 17.4. The van der Waals surface area contributed by atoms with Crippen molar-refractivity contribution in [2.45, 2.75) is 269 Å². The highest BCUT2D eigenvalue weighted by atomic mass is 16.6. The van der Waals surface area contributed by atoms with Crippen LogP contribution in [0.15, 0.2) is 63.8 Å². The molecule has 20 rings (SSSR count). The second-order valence-corrected chi connectivity index (χ2v) is 36.3. The van der Waals surface area contributed by atoms with Crippen molar-refractivity contribution in [1.29, 1.82) is 0 Å². The van der Waals surface area contributed by atoms with Crippen LogP contribution in [0, 0.1) is 121 Å². The number of nitrogens with two attached hydrogens (primary N) is 1. The van der Waals surface area contributed by atoms with Crippen LogP contribution in [0.3, 0.4) is 0 Å². The van der Waals surface area contributed by atoms with E-state index in [2.05, 4.69) is 59.8 Å². The van der Waals surface area contributed by atoms with Crippen molar-refractivity contribution in [3.8, 4) is 11.8 Å². The molecule has 3 saturated heterocycles. The maximum Gasteiger partial charge on any atom is 0.339 e. The fraction of sp³-hybridized carbons (Fsp3) is 0.780. The predicted molar refractivity (Wildman–Crippen MR) is 350 cm³/mol. The number of piperidine rings is 2. The van der Waals surface area contributed by atoms with Gasteiger partial charge in [-0.1, -0.05) is 112 Å². The molecule has 22 unspecified atom stereocenters. The summed E-state index contributed by atoms with van der Waals surface area (Å²) in [6, 6.07) is 7.58. The zero-order chi connectivity index (χ0) is 60.1. The molecule has 7 aliphatic heterocycles. The Morgan fingerprint density at radius 1 is 0.756 bits per heavy atom. The Balaban J connectivity index is 0.852. The van der Waals surface area contributed by atoms with E-state index in [1.165, 1.54) is 179 Å². The highest BCUT2D eigenvalue weighted by Gasteiger charge is 2.94. The van der Waals surface area contributed by atoms with Crippen LogP contribution in [0.4, 0.5) is 0 Å². The fourth-order valence-corrected chi connectivity index (χ4v) is 30.9. The molecule has 1 aromatic carbocycles. The lowest BCUT2D eigenvalue weighted by Crippen LogP contribution is -2.78. The normalized spacial score (nSPS) is 49.4. The molecule has 7 spiro atoms. The number of aliphatic hydroxyl groups excluding tert-OH is 1. The summed E-state index contributed by atoms with van der Waals surface area (Å²) in [7, 11) is 0. The molecule has 12 aliphatic carbocycles. The molecule has 22 atom stereocenters. The molecule has 1 aromatic rings. The van der Waals surface area contributed by atoms with Crippen molar-refractivity contribution in [1.82, 2.24) is 9.80 Å². The first-order valence-electron chi connectivity index (χ1n) is 38.8. The SMILES string of the molecule is CC1CCCC2=CC3CC4C(C)CC5=C6C4C4=C3C37C(=O)OC(=C(O)CC8C9CC%10(CCCC%10)C%10(CCCC%10%11CCCC%11C#CCC%10C%11CC(CN%108)C(CC5)N6C%11)C9)C3(CC4)C3(OC(=O)c4c(CCCN)cccc43)C7CC2C2CCCC3(CCC(CC1)C3)C2. The van der Waals surface area contributed by atoms with Gasteiger partial charge in [0.05, 0.1) is 11.0 Å². The number of hydrogen-bond donors (Lipinski definition) is 2. The highest BCUT2D eigenvalue weighted by molar-refractivity contribution is 6.00. The number of ether oxygens (including phenoxy) is 2. The third kappa shape index (κ3) is 6.92. The summed E-state index contributed by atoms with van der Waals surface area (Å²) in [4.78, 5) is 39.6. The van der Waals surface area contributed by atoms with Crippen molar-refractivity contribution < 1.29 is 24.2 Å². The van der Waals surface area contributed by atoms with E-state index in [0.29, 0.717) is 107 Å². The van der Waals surface area contributed by atoms with Gasteiger partial charge in [-0.25, -0.2) is 4.79 Å². The minimum Gasteiger partial charge on any atom is -0.509 e. The largest absolute Gasteiger partial charge is 0.509 e. The molecule has 90 heavy (non-hydrogen) atoms. The Bertz CT molecular complexity index is 3460. The third-order valence-corrected chi connectivity index (χ3v) is 33.5. The lowest BCUT2D eigenvalue weighted by atomic mass is 9.27. The van der Waals surface area contributed by atoms with Gasteiger partial charge in [0.15, 0.2) is 11.4 Å². The number of carbonyl (C=O) groups is 2. The molecule has 19 aliphatic rings. The summed E-state index contributed by atoms with van der Waals surface area (Å²) < 4.78 is 15.5. The summed E-state index contributed by atoms with van der Waals surface area (Å²) in [5.74, 6) is 14.4.